The monoisotopic (exact) mass is 210 g/mol. The molecular formula is C11H18N2S. The molecule has 2 N–H and O–H groups in total. The van der Waals surface area contributed by atoms with Crippen molar-refractivity contribution in [3.8, 4) is 0 Å². The number of nitrogens with two attached hydrogens (primary N) is 1. The molecule has 0 amide bonds. The van der Waals surface area contributed by atoms with Gasteiger partial charge in [-0.2, -0.15) is 0 Å². The fourth-order valence-electron chi connectivity index (χ4n) is 2.12. The fourth-order valence-corrected chi connectivity index (χ4v) is 2.90. The first-order valence-electron chi connectivity index (χ1n) is 5.29. The second kappa shape index (κ2) is 4.43. The highest BCUT2D eigenvalue weighted by molar-refractivity contribution is 7.10. The molecule has 0 radical (unpaired) electrons. The van der Waals surface area contributed by atoms with Crippen LogP contribution in [-0.2, 0) is 0 Å². The van der Waals surface area contributed by atoms with E-state index in [9.17, 15) is 0 Å². The molecule has 0 saturated carbocycles. The Morgan fingerprint density at radius 1 is 1.50 bits per heavy atom. The molecule has 1 atom stereocenters. The fraction of sp³-hybridized carbons (Fsp3) is 0.636. The summed E-state index contributed by atoms with van der Waals surface area (Å²) in [4.78, 5) is 3.85. The van der Waals surface area contributed by atoms with Crippen LogP contribution in [0.3, 0.4) is 0 Å². The zero-order valence-corrected chi connectivity index (χ0v) is 9.52. The first kappa shape index (κ1) is 10.1. The van der Waals surface area contributed by atoms with Gasteiger partial charge < -0.3 is 10.6 Å². The van der Waals surface area contributed by atoms with Gasteiger partial charge in [-0.3, -0.25) is 0 Å². The molecule has 1 saturated heterocycles. The number of aryl methyl sites for hydroxylation is 1. The van der Waals surface area contributed by atoms with Crippen molar-refractivity contribution in [2.45, 2.75) is 25.8 Å². The highest BCUT2D eigenvalue weighted by Gasteiger charge is 2.17. The van der Waals surface area contributed by atoms with Crippen LogP contribution >= 0.6 is 11.3 Å². The molecule has 1 unspecified atom stereocenters. The standard InChI is InChI=1S/C11H18N2S/c1-9-10(4-7-14-9)11(12)8-13-5-2-3-6-13/h4,7,11H,2-3,5-6,8,12H2,1H3. The Morgan fingerprint density at radius 3 is 2.79 bits per heavy atom. The predicted octanol–water partition coefficient (Wildman–Crippen LogP) is 2.15. The third-order valence-electron chi connectivity index (χ3n) is 2.95. The maximum Gasteiger partial charge on any atom is 0.0435 e. The molecule has 0 aromatic carbocycles. The molecule has 0 spiro atoms. The van der Waals surface area contributed by atoms with E-state index in [1.54, 1.807) is 11.3 Å². The number of hydrogen-bond donors (Lipinski definition) is 1. The van der Waals surface area contributed by atoms with Crippen molar-refractivity contribution in [3.63, 3.8) is 0 Å². The number of nitrogens with zero attached hydrogens (tertiary/aromatic N) is 1. The van der Waals surface area contributed by atoms with E-state index in [1.165, 1.54) is 36.4 Å². The Balaban J connectivity index is 1.95. The van der Waals surface area contributed by atoms with Crippen LogP contribution < -0.4 is 5.73 Å². The molecule has 78 valence electrons. The van der Waals surface area contributed by atoms with Crippen LogP contribution in [0.5, 0.6) is 0 Å². The van der Waals surface area contributed by atoms with Crippen molar-refractivity contribution in [2.24, 2.45) is 5.73 Å². The Kier molecular flexibility index (Phi) is 3.21. The summed E-state index contributed by atoms with van der Waals surface area (Å²) in [5, 5.41) is 2.13. The lowest BCUT2D eigenvalue weighted by molar-refractivity contribution is 0.316. The van der Waals surface area contributed by atoms with Gasteiger partial charge in [0.1, 0.15) is 0 Å². The van der Waals surface area contributed by atoms with Crippen LogP contribution in [0.1, 0.15) is 29.3 Å². The molecule has 0 bridgehead atoms. The Bertz CT molecular complexity index is 289. The predicted molar refractivity (Wildman–Crippen MR) is 61.7 cm³/mol. The van der Waals surface area contributed by atoms with E-state index in [2.05, 4.69) is 23.3 Å². The second-order valence-corrected chi connectivity index (χ2v) is 5.17. The highest BCUT2D eigenvalue weighted by atomic mass is 32.1. The summed E-state index contributed by atoms with van der Waals surface area (Å²) in [5.41, 5.74) is 7.52. The Morgan fingerprint density at radius 2 is 2.21 bits per heavy atom. The molecule has 2 heterocycles. The zero-order valence-electron chi connectivity index (χ0n) is 8.70. The summed E-state index contributed by atoms with van der Waals surface area (Å²) in [6, 6.07) is 2.38. The topological polar surface area (TPSA) is 29.3 Å². The number of hydrogen-bond acceptors (Lipinski definition) is 3. The van der Waals surface area contributed by atoms with Gasteiger partial charge in [0.2, 0.25) is 0 Å². The first-order valence-corrected chi connectivity index (χ1v) is 6.17. The maximum absolute atomic E-state index is 6.19. The van der Waals surface area contributed by atoms with E-state index in [1.807, 2.05) is 0 Å². The van der Waals surface area contributed by atoms with Crippen LogP contribution in [0.4, 0.5) is 0 Å². The molecule has 1 aliphatic rings. The largest absolute Gasteiger partial charge is 0.323 e. The molecule has 2 rings (SSSR count). The second-order valence-electron chi connectivity index (χ2n) is 4.05. The Hall–Kier alpha value is -0.380. The molecule has 1 aromatic rings. The van der Waals surface area contributed by atoms with Crippen molar-refractivity contribution in [3.05, 3.63) is 21.9 Å². The third kappa shape index (κ3) is 2.16. The molecule has 1 fully saturated rings. The minimum absolute atomic E-state index is 0.208. The third-order valence-corrected chi connectivity index (χ3v) is 3.81. The van der Waals surface area contributed by atoms with Gasteiger partial charge in [-0.15, -0.1) is 11.3 Å². The van der Waals surface area contributed by atoms with Crippen LogP contribution in [0.2, 0.25) is 0 Å². The quantitative estimate of drug-likeness (QED) is 0.828. The molecule has 1 aliphatic heterocycles. The van der Waals surface area contributed by atoms with Gasteiger partial charge in [0.05, 0.1) is 0 Å². The van der Waals surface area contributed by atoms with Crippen molar-refractivity contribution in [1.82, 2.24) is 4.90 Å². The highest BCUT2D eigenvalue weighted by Crippen LogP contribution is 2.22. The maximum atomic E-state index is 6.19. The van der Waals surface area contributed by atoms with E-state index >= 15 is 0 Å². The summed E-state index contributed by atoms with van der Waals surface area (Å²) in [6.07, 6.45) is 2.69. The molecule has 3 heteroatoms. The number of likely N-dealkylation sites (tertiary alicyclic amines) is 1. The van der Waals surface area contributed by atoms with Crippen molar-refractivity contribution in [2.75, 3.05) is 19.6 Å². The lowest BCUT2D eigenvalue weighted by Crippen LogP contribution is -2.29. The van der Waals surface area contributed by atoms with Gasteiger partial charge in [-0.05, 0) is 49.9 Å². The molecule has 2 nitrogen and oxygen atoms in total. The van der Waals surface area contributed by atoms with Crippen LogP contribution in [-0.4, -0.2) is 24.5 Å². The molecule has 0 aliphatic carbocycles. The lowest BCUT2D eigenvalue weighted by atomic mass is 10.1. The molecule has 14 heavy (non-hydrogen) atoms. The SMILES string of the molecule is Cc1sccc1C(N)CN1CCCC1. The number of rotatable bonds is 3. The van der Waals surface area contributed by atoms with Crippen LogP contribution in [0.25, 0.3) is 0 Å². The minimum Gasteiger partial charge on any atom is -0.323 e. The smallest absolute Gasteiger partial charge is 0.0435 e. The zero-order chi connectivity index (χ0) is 9.97. The number of thiophene rings is 1. The lowest BCUT2D eigenvalue weighted by Gasteiger charge is -2.20. The van der Waals surface area contributed by atoms with E-state index < -0.39 is 0 Å². The van der Waals surface area contributed by atoms with E-state index in [-0.39, 0.29) is 6.04 Å². The van der Waals surface area contributed by atoms with Crippen molar-refractivity contribution in [1.29, 1.82) is 0 Å². The van der Waals surface area contributed by atoms with E-state index in [0.717, 1.165) is 6.54 Å². The van der Waals surface area contributed by atoms with Gasteiger partial charge >= 0.3 is 0 Å². The van der Waals surface area contributed by atoms with Gasteiger partial charge in [0, 0.05) is 17.5 Å². The van der Waals surface area contributed by atoms with Gasteiger partial charge in [0.25, 0.3) is 0 Å². The van der Waals surface area contributed by atoms with E-state index in [0.29, 0.717) is 0 Å². The van der Waals surface area contributed by atoms with Gasteiger partial charge in [0.15, 0.2) is 0 Å². The Labute approximate surface area is 89.7 Å². The molecular weight excluding hydrogens is 192 g/mol. The first-order chi connectivity index (χ1) is 6.77. The molecule has 1 aromatic heterocycles. The van der Waals surface area contributed by atoms with Crippen molar-refractivity contribution >= 4 is 11.3 Å². The van der Waals surface area contributed by atoms with Gasteiger partial charge in [-0.1, -0.05) is 0 Å². The summed E-state index contributed by atoms with van der Waals surface area (Å²) in [6.45, 7) is 5.65. The summed E-state index contributed by atoms with van der Waals surface area (Å²) >= 11 is 1.79. The average Bonchev–Trinajstić information content (AvgIpc) is 2.75. The summed E-state index contributed by atoms with van der Waals surface area (Å²) < 4.78 is 0. The minimum atomic E-state index is 0.208. The van der Waals surface area contributed by atoms with Crippen molar-refractivity contribution < 1.29 is 0 Å². The van der Waals surface area contributed by atoms with Gasteiger partial charge in [-0.25, -0.2) is 0 Å². The summed E-state index contributed by atoms with van der Waals surface area (Å²) in [7, 11) is 0. The summed E-state index contributed by atoms with van der Waals surface area (Å²) in [5.74, 6) is 0. The van der Waals surface area contributed by atoms with Crippen LogP contribution in [0, 0.1) is 6.92 Å². The van der Waals surface area contributed by atoms with E-state index in [4.69, 9.17) is 5.73 Å². The normalized spacial score (nSPS) is 20.1. The average molecular weight is 210 g/mol. The van der Waals surface area contributed by atoms with Crippen LogP contribution in [0.15, 0.2) is 11.4 Å².